The Bertz CT molecular complexity index is 102. The van der Waals surface area contributed by atoms with Crippen molar-refractivity contribution in [3.05, 3.63) is 0 Å². The van der Waals surface area contributed by atoms with Gasteiger partial charge in [0.15, 0.2) is 0 Å². The second-order valence-corrected chi connectivity index (χ2v) is 3.81. The van der Waals surface area contributed by atoms with E-state index >= 15 is 0 Å². The van der Waals surface area contributed by atoms with Crippen molar-refractivity contribution in [2.75, 3.05) is 20.1 Å². The molecule has 0 aliphatic heterocycles. The summed E-state index contributed by atoms with van der Waals surface area (Å²) in [4.78, 5) is 2.39. The number of nitrogens with one attached hydrogen (secondary N) is 1. The van der Waals surface area contributed by atoms with Gasteiger partial charge in [0.25, 0.3) is 0 Å². The van der Waals surface area contributed by atoms with E-state index in [4.69, 9.17) is 0 Å². The predicted octanol–water partition coefficient (Wildman–Crippen LogP) is 1.71. The molecule has 74 valence electrons. The van der Waals surface area contributed by atoms with Crippen LogP contribution in [0, 0.1) is 0 Å². The fraction of sp³-hybridized carbons (Fsp3) is 1.00. The summed E-state index contributed by atoms with van der Waals surface area (Å²) in [6.45, 7) is 11.2. The maximum atomic E-state index is 3.43. The summed E-state index contributed by atoms with van der Waals surface area (Å²) in [6.07, 6.45) is 1.22. The first-order chi connectivity index (χ1) is 5.59. The van der Waals surface area contributed by atoms with E-state index < -0.39 is 0 Å². The summed E-state index contributed by atoms with van der Waals surface area (Å²) < 4.78 is 0. The summed E-state index contributed by atoms with van der Waals surface area (Å²) in [5, 5.41) is 3.43. The van der Waals surface area contributed by atoms with E-state index in [0.717, 1.165) is 13.1 Å². The Balaban J connectivity index is 3.49. The topological polar surface area (TPSA) is 15.3 Å². The molecule has 0 aromatic rings. The molecule has 0 rings (SSSR count). The average Bonchev–Trinajstić information content (AvgIpc) is 2.03. The fourth-order valence-corrected chi connectivity index (χ4v) is 1.14. The van der Waals surface area contributed by atoms with Gasteiger partial charge in [-0.15, -0.1) is 0 Å². The number of hydrogen-bond donors (Lipinski definition) is 1. The lowest BCUT2D eigenvalue weighted by molar-refractivity contribution is 0.204. The van der Waals surface area contributed by atoms with E-state index in [1.165, 1.54) is 6.42 Å². The number of nitrogens with zero attached hydrogens (tertiary/aromatic N) is 1. The lowest BCUT2D eigenvalue weighted by Gasteiger charge is -2.28. The average molecular weight is 172 g/mol. The maximum absolute atomic E-state index is 3.43. The molecule has 0 heterocycles. The van der Waals surface area contributed by atoms with Crippen LogP contribution in [0.1, 0.15) is 34.1 Å². The van der Waals surface area contributed by atoms with Gasteiger partial charge in [-0.3, -0.25) is 0 Å². The molecular weight excluding hydrogens is 148 g/mol. The van der Waals surface area contributed by atoms with Crippen LogP contribution in [0.4, 0.5) is 0 Å². The van der Waals surface area contributed by atoms with E-state index in [9.17, 15) is 0 Å². The van der Waals surface area contributed by atoms with Gasteiger partial charge in [0.05, 0.1) is 0 Å². The Labute approximate surface area is 77.3 Å². The second-order valence-electron chi connectivity index (χ2n) is 3.81. The van der Waals surface area contributed by atoms with Crippen LogP contribution in [0.15, 0.2) is 0 Å². The molecule has 12 heavy (non-hydrogen) atoms. The first kappa shape index (κ1) is 11.9. The molecule has 1 N–H and O–H groups in total. The minimum Gasteiger partial charge on any atom is -0.315 e. The van der Waals surface area contributed by atoms with Crippen LogP contribution in [0.5, 0.6) is 0 Å². The summed E-state index contributed by atoms with van der Waals surface area (Å²) in [5.74, 6) is 0. The number of rotatable bonds is 6. The highest BCUT2D eigenvalue weighted by Gasteiger charge is 2.10. The SMILES string of the molecule is CCCNCC(C)N(C)C(C)C. The Morgan fingerprint density at radius 1 is 1.25 bits per heavy atom. The van der Waals surface area contributed by atoms with Crippen molar-refractivity contribution in [3.63, 3.8) is 0 Å². The zero-order chi connectivity index (χ0) is 9.56. The lowest BCUT2D eigenvalue weighted by atomic mass is 10.2. The van der Waals surface area contributed by atoms with Crippen LogP contribution >= 0.6 is 0 Å². The second kappa shape index (κ2) is 6.44. The van der Waals surface area contributed by atoms with E-state index in [-0.39, 0.29) is 0 Å². The molecule has 2 heteroatoms. The standard InChI is InChI=1S/C10H24N2/c1-6-7-11-8-10(4)12(5)9(2)3/h9-11H,6-8H2,1-5H3. The minimum absolute atomic E-state index is 0.636. The Hall–Kier alpha value is -0.0800. The van der Waals surface area contributed by atoms with Gasteiger partial charge in [0, 0.05) is 18.6 Å². The number of hydrogen-bond acceptors (Lipinski definition) is 2. The Morgan fingerprint density at radius 3 is 2.25 bits per heavy atom. The molecule has 0 spiro atoms. The van der Waals surface area contributed by atoms with Gasteiger partial charge in [-0.1, -0.05) is 6.92 Å². The van der Waals surface area contributed by atoms with Gasteiger partial charge in [-0.2, -0.15) is 0 Å². The highest BCUT2D eigenvalue weighted by atomic mass is 15.2. The van der Waals surface area contributed by atoms with Crippen molar-refractivity contribution < 1.29 is 0 Å². The Kier molecular flexibility index (Phi) is 6.39. The third-order valence-corrected chi connectivity index (χ3v) is 2.38. The highest BCUT2D eigenvalue weighted by molar-refractivity contribution is 4.68. The van der Waals surface area contributed by atoms with E-state index in [1.807, 2.05) is 0 Å². The number of likely N-dealkylation sites (N-methyl/N-ethyl adjacent to an activating group) is 1. The van der Waals surface area contributed by atoms with Crippen LogP contribution in [-0.4, -0.2) is 37.1 Å². The molecular formula is C10H24N2. The quantitative estimate of drug-likeness (QED) is 0.614. The third-order valence-electron chi connectivity index (χ3n) is 2.38. The van der Waals surface area contributed by atoms with Crippen molar-refractivity contribution in [2.45, 2.75) is 46.2 Å². The van der Waals surface area contributed by atoms with E-state index in [2.05, 4.69) is 45.0 Å². The zero-order valence-electron chi connectivity index (χ0n) is 9.22. The molecule has 0 saturated carbocycles. The van der Waals surface area contributed by atoms with E-state index in [0.29, 0.717) is 12.1 Å². The molecule has 0 aliphatic carbocycles. The smallest absolute Gasteiger partial charge is 0.0192 e. The lowest BCUT2D eigenvalue weighted by Crippen LogP contribution is -2.41. The van der Waals surface area contributed by atoms with Gasteiger partial charge in [-0.25, -0.2) is 0 Å². The van der Waals surface area contributed by atoms with Crippen LogP contribution in [0.3, 0.4) is 0 Å². The Morgan fingerprint density at radius 2 is 1.83 bits per heavy atom. The predicted molar refractivity (Wildman–Crippen MR) is 55.5 cm³/mol. The maximum Gasteiger partial charge on any atom is 0.0192 e. The molecule has 0 aliphatic rings. The molecule has 0 radical (unpaired) electrons. The van der Waals surface area contributed by atoms with Crippen molar-refractivity contribution in [1.82, 2.24) is 10.2 Å². The minimum atomic E-state index is 0.636. The summed E-state index contributed by atoms with van der Waals surface area (Å²) in [7, 11) is 2.18. The zero-order valence-corrected chi connectivity index (χ0v) is 9.22. The summed E-state index contributed by atoms with van der Waals surface area (Å²) in [5.41, 5.74) is 0. The fourth-order valence-electron chi connectivity index (χ4n) is 1.14. The first-order valence-corrected chi connectivity index (χ1v) is 5.02. The van der Waals surface area contributed by atoms with Gasteiger partial charge in [-0.05, 0) is 40.8 Å². The van der Waals surface area contributed by atoms with Gasteiger partial charge < -0.3 is 10.2 Å². The van der Waals surface area contributed by atoms with Crippen LogP contribution in [-0.2, 0) is 0 Å². The van der Waals surface area contributed by atoms with Crippen LogP contribution < -0.4 is 5.32 Å². The largest absolute Gasteiger partial charge is 0.315 e. The van der Waals surface area contributed by atoms with Crippen LogP contribution in [0.25, 0.3) is 0 Å². The summed E-state index contributed by atoms with van der Waals surface area (Å²) >= 11 is 0. The van der Waals surface area contributed by atoms with Crippen LogP contribution in [0.2, 0.25) is 0 Å². The molecule has 0 aromatic carbocycles. The van der Waals surface area contributed by atoms with E-state index in [1.54, 1.807) is 0 Å². The van der Waals surface area contributed by atoms with Gasteiger partial charge in [0.2, 0.25) is 0 Å². The molecule has 0 amide bonds. The molecule has 1 unspecified atom stereocenters. The molecule has 0 bridgehead atoms. The molecule has 0 saturated heterocycles. The molecule has 0 aromatic heterocycles. The van der Waals surface area contributed by atoms with Gasteiger partial charge >= 0.3 is 0 Å². The van der Waals surface area contributed by atoms with Crippen molar-refractivity contribution in [3.8, 4) is 0 Å². The molecule has 2 nitrogen and oxygen atoms in total. The molecule has 0 fully saturated rings. The highest BCUT2D eigenvalue weighted by Crippen LogP contribution is 1.99. The first-order valence-electron chi connectivity index (χ1n) is 5.02. The van der Waals surface area contributed by atoms with Crippen molar-refractivity contribution in [1.29, 1.82) is 0 Å². The molecule has 1 atom stereocenters. The van der Waals surface area contributed by atoms with Crippen molar-refractivity contribution in [2.24, 2.45) is 0 Å². The normalized spacial score (nSPS) is 14.2. The third kappa shape index (κ3) is 4.73. The summed E-state index contributed by atoms with van der Waals surface area (Å²) in [6, 6.07) is 1.28. The van der Waals surface area contributed by atoms with Gasteiger partial charge in [0.1, 0.15) is 0 Å². The monoisotopic (exact) mass is 172 g/mol. The van der Waals surface area contributed by atoms with Crippen molar-refractivity contribution >= 4 is 0 Å².